The molecule has 0 aliphatic heterocycles. The number of aliphatic hydroxyl groups excluding tert-OH is 1. The summed E-state index contributed by atoms with van der Waals surface area (Å²) in [6, 6.07) is 8.60. The first-order valence-electron chi connectivity index (χ1n) is 4.35. The van der Waals surface area contributed by atoms with Crippen molar-refractivity contribution < 1.29 is 9.52 Å². The van der Waals surface area contributed by atoms with Crippen LogP contribution in [-0.4, -0.2) is 5.11 Å². The third kappa shape index (κ3) is 2.17. The fourth-order valence-corrected chi connectivity index (χ4v) is 1.68. The van der Waals surface area contributed by atoms with Gasteiger partial charge in [0.15, 0.2) is 0 Å². The van der Waals surface area contributed by atoms with Gasteiger partial charge >= 0.3 is 0 Å². The maximum Gasteiger partial charge on any atom is 0.135 e. The number of hydrogen-bond acceptors (Lipinski definition) is 2. The molecule has 0 radical (unpaired) electrons. The van der Waals surface area contributed by atoms with Crippen LogP contribution >= 0.6 is 23.2 Å². The third-order valence-corrected chi connectivity index (χ3v) is 2.58. The van der Waals surface area contributed by atoms with E-state index < -0.39 is 0 Å². The molecule has 0 spiro atoms. The van der Waals surface area contributed by atoms with E-state index in [1.807, 2.05) is 0 Å². The van der Waals surface area contributed by atoms with E-state index in [4.69, 9.17) is 32.7 Å². The molecule has 1 heterocycles. The second-order valence-electron chi connectivity index (χ2n) is 3.05. The highest BCUT2D eigenvalue weighted by molar-refractivity contribution is 6.35. The molecule has 78 valence electrons. The minimum absolute atomic E-state index is 0.127. The highest BCUT2D eigenvalue weighted by atomic mass is 35.5. The summed E-state index contributed by atoms with van der Waals surface area (Å²) in [6.07, 6.45) is 0. The number of aliphatic hydroxyl groups is 1. The van der Waals surface area contributed by atoms with Crippen molar-refractivity contribution in [3.63, 3.8) is 0 Å². The van der Waals surface area contributed by atoms with Crippen molar-refractivity contribution in [3.05, 3.63) is 46.1 Å². The second kappa shape index (κ2) is 4.27. The Morgan fingerprint density at radius 2 is 1.93 bits per heavy atom. The lowest BCUT2D eigenvalue weighted by Gasteiger charge is -2.01. The molecule has 2 aromatic rings. The normalized spacial score (nSPS) is 10.6. The van der Waals surface area contributed by atoms with Gasteiger partial charge in [0.2, 0.25) is 0 Å². The first-order chi connectivity index (χ1) is 7.20. The van der Waals surface area contributed by atoms with Crippen LogP contribution < -0.4 is 0 Å². The summed E-state index contributed by atoms with van der Waals surface area (Å²) in [5.74, 6) is 1.10. The van der Waals surface area contributed by atoms with Gasteiger partial charge in [0, 0.05) is 10.6 Å². The average molecular weight is 243 g/mol. The van der Waals surface area contributed by atoms with Crippen molar-refractivity contribution in [1.29, 1.82) is 0 Å². The van der Waals surface area contributed by atoms with Gasteiger partial charge in [-0.15, -0.1) is 0 Å². The zero-order valence-corrected chi connectivity index (χ0v) is 9.22. The zero-order valence-electron chi connectivity index (χ0n) is 7.71. The molecule has 2 rings (SSSR count). The molecule has 0 bridgehead atoms. The Kier molecular flexibility index (Phi) is 3.00. The lowest BCUT2D eigenvalue weighted by atomic mass is 10.2. The summed E-state index contributed by atoms with van der Waals surface area (Å²) in [4.78, 5) is 0. The first kappa shape index (κ1) is 10.6. The molecule has 0 unspecified atom stereocenters. The van der Waals surface area contributed by atoms with E-state index in [2.05, 4.69) is 0 Å². The minimum atomic E-state index is -0.127. The zero-order chi connectivity index (χ0) is 10.8. The van der Waals surface area contributed by atoms with Crippen molar-refractivity contribution in [2.45, 2.75) is 6.61 Å². The number of benzene rings is 1. The summed E-state index contributed by atoms with van der Waals surface area (Å²) >= 11 is 11.9. The van der Waals surface area contributed by atoms with Gasteiger partial charge in [0.1, 0.15) is 18.1 Å². The Labute approximate surface area is 97.0 Å². The summed E-state index contributed by atoms with van der Waals surface area (Å²) in [7, 11) is 0. The molecule has 1 aromatic heterocycles. The molecule has 2 nitrogen and oxygen atoms in total. The van der Waals surface area contributed by atoms with E-state index in [0.29, 0.717) is 21.6 Å². The quantitative estimate of drug-likeness (QED) is 0.871. The van der Waals surface area contributed by atoms with Crippen LogP contribution in [0.5, 0.6) is 0 Å². The van der Waals surface area contributed by atoms with Gasteiger partial charge in [0.25, 0.3) is 0 Å². The molecule has 0 saturated heterocycles. The Morgan fingerprint density at radius 1 is 1.13 bits per heavy atom. The van der Waals surface area contributed by atoms with Crippen molar-refractivity contribution in [3.8, 4) is 11.3 Å². The highest BCUT2D eigenvalue weighted by Crippen LogP contribution is 2.31. The van der Waals surface area contributed by atoms with Crippen LogP contribution in [0.2, 0.25) is 10.0 Å². The maximum atomic E-state index is 8.87. The van der Waals surface area contributed by atoms with Crippen LogP contribution in [0.3, 0.4) is 0 Å². The lowest BCUT2D eigenvalue weighted by molar-refractivity contribution is 0.248. The summed E-state index contributed by atoms with van der Waals surface area (Å²) in [5, 5.41) is 10.0. The Hall–Kier alpha value is -0.960. The van der Waals surface area contributed by atoms with E-state index >= 15 is 0 Å². The molecule has 0 saturated carbocycles. The molecule has 0 aliphatic carbocycles. The van der Waals surface area contributed by atoms with Gasteiger partial charge in [-0.1, -0.05) is 23.2 Å². The molecule has 1 aromatic carbocycles. The van der Waals surface area contributed by atoms with Crippen molar-refractivity contribution in [2.75, 3.05) is 0 Å². The van der Waals surface area contributed by atoms with E-state index in [1.54, 1.807) is 30.3 Å². The molecule has 4 heteroatoms. The lowest BCUT2D eigenvalue weighted by Crippen LogP contribution is -1.77. The number of halogens is 2. The van der Waals surface area contributed by atoms with E-state index in [-0.39, 0.29) is 6.61 Å². The molecule has 0 aliphatic rings. The highest BCUT2D eigenvalue weighted by Gasteiger charge is 2.08. The standard InChI is InChI=1S/C11H8Cl2O2/c12-7-1-3-10(13)9(5-7)11-4-2-8(6-14)15-11/h1-5,14H,6H2. The van der Waals surface area contributed by atoms with E-state index in [9.17, 15) is 0 Å². The Balaban J connectivity index is 2.48. The van der Waals surface area contributed by atoms with E-state index in [0.717, 1.165) is 5.56 Å². The Morgan fingerprint density at radius 3 is 2.60 bits per heavy atom. The summed E-state index contributed by atoms with van der Waals surface area (Å²) in [6.45, 7) is -0.127. The van der Waals surface area contributed by atoms with Crippen molar-refractivity contribution >= 4 is 23.2 Å². The summed E-state index contributed by atoms with van der Waals surface area (Å²) < 4.78 is 5.36. The van der Waals surface area contributed by atoms with Crippen LogP contribution in [0.15, 0.2) is 34.7 Å². The third-order valence-electron chi connectivity index (χ3n) is 2.01. The van der Waals surface area contributed by atoms with Crippen LogP contribution in [0.1, 0.15) is 5.76 Å². The van der Waals surface area contributed by atoms with Gasteiger partial charge in [-0.05, 0) is 30.3 Å². The Bertz CT molecular complexity index is 477. The minimum Gasteiger partial charge on any atom is -0.459 e. The van der Waals surface area contributed by atoms with Crippen LogP contribution in [-0.2, 0) is 6.61 Å². The molecule has 0 fully saturated rings. The summed E-state index contributed by atoms with van der Waals surface area (Å²) in [5.41, 5.74) is 0.726. The molecule has 0 atom stereocenters. The van der Waals surface area contributed by atoms with Gasteiger partial charge in [-0.2, -0.15) is 0 Å². The fourth-order valence-electron chi connectivity index (χ4n) is 1.29. The smallest absolute Gasteiger partial charge is 0.135 e. The number of furan rings is 1. The topological polar surface area (TPSA) is 33.4 Å². The largest absolute Gasteiger partial charge is 0.459 e. The van der Waals surface area contributed by atoms with Crippen LogP contribution in [0.4, 0.5) is 0 Å². The SMILES string of the molecule is OCc1ccc(-c2cc(Cl)ccc2Cl)o1. The van der Waals surface area contributed by atoms with E-state index in [1.165, 1.54) is 0 Å². The van der Waals surface area contributed by atoms with Gasteiger partial charge < -0.3 is 9.52 Å². The molecular formula is C11H8Cl2O2. The van der Waals surface area contributed by atoms with Crippen LogP contribution in [0.25, 0.3) is 11.3 Å². The maximum absolute atomic E-state index is 8.87. The fraction of sp³-hybridized carbons (Fsp3) is 0.0909. The molecule has 0 amide bonds. The first-order valence-corrected chi connectivity index (χ1v) is 5.11. The van der Waals surface area contributed by atoms with Gasteiger partial charge in [0.05, 0.1) is 5.02 Å². The molecule has 1 N–H and O–H groups in total. The molecular weight excluding hydrogens is 235 g/mol. The predicted molar refractivity (Wildman–Crippen MR) is 60.1 cm³/mol. The second-order valence-corrected chi connectivity index (χ2v) is 3.89. The van der Waals surface area contributed by atoms with Gasteiger partial charge in [-0.25, -0.2) is 0 Å². The number of rotatable bonds is 2. The molecule has 15 heavy (non-hydrogen) atoms. The van der Waals surface area contributed by atoms with Crippen molar-refractivity contribution in [2.24, 2.45) is 0 Å². The monoisotopic (exact) mass is 242 g/mol. The van der Waals surface area contributed by atoms with Crippen molar-refractivity contribution in [1.82, 2.24) is 0 Å². The number of hydrogen-bond donors (Lipinski definition) is 1. The predicted octanol–water partition coefficient (Wildman–Crippen LogP) is 3.75. The van der Waals surface area contributed by atoms with Crippen LogP contribution in [0, 0.1) is 0 Å². The average Bonchev–Trinajstić information content (AvgIpc) is 2.70. The van der Waals surface area contributed by atoms with Gasteiger partial charge in [-0.3, -0.25) is 0 Å².